The Balaban J connectivity index is 2.24. The molecular weight excluding hydrogens is 230 g/mol. The van der Waals surface area contributed by atoms with Crippen molar-refractivity contribution in [1.29, 1.82) is 0 Å². The average Bonchev–Trinajstić information content (AvgIpc) is 2.39. The largest absolute Gasteiger partial charge is 0.496 e. The predicted octanol–water partition coefficient (Wildman–Crippen LogP) is 1.92. The highest BCUT2D eigenvalue weighted by Gasteiger charge is 2.12. The fourth-order valence-corrected chi connectivity index (χ4v) is 1.52. The lowest BCUT2D eigenvalue weighted by atomic mass is 10.1. The molecule has 0 unspecified atom stereocenters. The summed E-state index contributed by atoms with van der Waals surface area (Å²) in [5, 5.41) is 2.68. The van der Waals surface area contributed by atoms with Crippen molar-refractivity contribution >= 4 is 17.4 Å². The van der Waals surface area contributed by atoms with E-state index >= 15 is 0 Å². The third-order valence-electron chi connectivity index (χ3n) is 2.38. The molecule has 3 N–H and O–H groups in total. The van der Waals surface area contributed by atoms with Crippen molar-refractivity contribution in [2.24, 2.45) is 0 Å². The van der Waals surface area contributed by atoms with E-state index in [0.717, 1.165) is 0 Å². The lowest BCUT2D eigenvalue weighted by molar-refractivity contribution is 0.102. The molecule has 1 heterocycles. The van der Waals surface area contributed by atoms with Crippen LogP contribution < -0.4 is 15.8 Å². The van der Waals surface area contributed by atoms with Crippen LogP contribution in [0.4, 0.5) is 11.5 Å². The number of nitrogens with zero attached hydrogens (tertiary/aromatic N) is 1. The van der Waals surface area contributed by atoms with E-state index in [1.54, 1.807) is 42.6 Å². The zero-order valence-electron chi connectivity index (χ0n) is 9.88. The Morgan fingerprint density at radius 2 is 2.17 bits per heavy atom. The lowest BCUT2D eigenvalue weighted by Crippen LogP contribution is -2.14. The molecule has 92 valence electrons. The summed E-state index contributed by atoms with van der Waals surface area (Å²) in [6.45, 7) is 0. The number of nitrogens with two attached hydrogens (primary N) is 1. The second-order valence-electron chi connectivity index (χ2n) is 3.63. The number of rotatable bonds is 3. The van der Waals surface area contributed by atoms with E-state index in [2.05, 4.69) is 10.3 Å². The first-order chi connectivity index (χ1) is 8.70. The topological polar surface area (TPSA) is 77.2 Å². The van der Waals surface area contributed by atoms with E-state index in [1.807, 2.05) is 0 Å². The predicted molar refractivity (Wildman–Crippen MR) is 69.6 cm³/mol. The van der Waals surface area contributed by atoms with E-state index in [-0.39, 0.29) is 5.91 Å². The molecule has 5 heteroatoms. The number of amides is 1. The summed E-state index contributed by atoms with van der Waals surface area (Å²) in [6, 6.07) is 10.2. The molecule has 1 aromatic carbocycles. The molecule has 0 saturated heterocycles. The van der Waals surface area contributed by atoms with Crippen LogP contribution in [0.25, 0.3) is 0 Å². The van der Waals surface area contributed by atoms with Crippen LogP contribution in [0, 0.1) is 0 Å². The van der Waals surface area contributed by atoms with E-state index in [9.17, 15) is 4.79 Å². The Labute approximate surface area is 105 Å². The highest BCUT2D eigenvalue weighted by atomic mass is 16.5. The van der Waals surface area contributed by atoms with Crippen molar-refractivity contribution in [3.63, 3.8) is 0 Å². The quantitative estimate of drug-likeness (QED) is 0.807. The Bertz CT molecular complexity index is 555. The number of aromatic nitrogens is 1. The van der Waals surface area contributed by atoms with Crippen LogP contribution >= 0.6 is 0 Å². The lowest BCUT2D eigenvalue weighted by Gasteiger charge is -2.09. The number of methoxy groups -OCH3 is 1. The van der Waals surface area contributed by atoms with Crippen LogP contribution in [0.15, 0.2) is 42.6 Å². The van der Waals surface area contributed by atoms with E-state index in [4.69, 9.17) is 10.5 Å². The number of hydrogen-bond donors (Lipinski definition) is 2. The molecule has 0 radical (unpaired) electrons. The maximum Gasteiger partial charge on any atom is 0.260 e. The van der Waals surface area contributed by atoms with Gasteiger partial charge in [-0.3, -0.25) is 4.79 Å². The molecule has 2 aromatic rings. The van der Waals surface area contributed by atoms with Gasteiger partial charge in [0.2, 0.25) is 0 Å². The molecule has 2 rings (SSSR count). The normalized spacial score (nSPS) is 9.83. The summed E-state index contributed by atoms with van der Waals surface area (Å²) in [5.41, 5.74) is 6.59. The van der Waals surface area contributed by atoms with Crippen molar-refractivity contribution < 1.29 is 9.53 Å². The maximum atomic E-state index is 12.0. The third kappa shape index (κ3) is 2.57. The van der Waals surface area contributed by atoms with E-state index in [0.29, 0.717) is 22.8 Å². The van der Waals surface area contributed by atoms with Gasteiger partial charge in [0.1, 0.15) is 11.6 Å². The Hall–Kier alpha value is -2.56. The van der Waals surface area contributed by atoms with Crippen LogP contribution in [-0.4, -0.2) is 18.0 Å². The average molecular weight is 243 g/mol. The summed E-state index contributed by atoms with van der Waals surface area (Å²) >= 11 is 0. The van der Waals surface area contributed by atoms with Gasteiger partial charge in [-0.15, -0.1) is 0 Å². The van der Waals surface area contributed by atoms with Crippen molar-refractivity contribution in [3.8, 4) is 5.75 Å². The van der Waals surface area contributed by atoms with Gasteiger partial charge in [-0.2, -0.15) is 0 Å². The number of nitrogens with one attached hydrogen (secondary N) is 1. The standard InChI is InChI=1S/C13H13N3O2/c1-18-11-8-9(14)5-6-10(11)13(17)16-12-4-2-3-7-15-12/h2-8H,14H2,1H3,(H,15,16,17). The van der Waals surface area contributed by atoms with Crippen LogP contribution in [0.2, 0.25) is 0 Å². The monoisotopic (exact) mass is 243 g/mol. The highest BCUT2D eigenvalue weighted by molar-refractivity contribution is 6.06. The van der Waals surface area contributed by atoms with Crippen molar-refractivity contribution in [2.75, 3.05) is 18.2 Å². The number of anilines is 2. The molecule has 0 bridgehead atoms. The number of carbonyl (C=O) groups is 1. The van der Waals surface area contributed by atoms with Gasteiger partial charge in [0, 0.05) is 18.0 Å². The molecule has 18 heavy (non-hydrogen) atoms. The number of nitrogen functional groups attached to an aromatic ring is 1. The maximum absolute atomic E-state index is 12.0. The van der Waals surface area contributed by atoms with Gasteiger partial charge in [0.05, 0.1) is 12.7 Å². The Morgan fingerprint density at radius 1 is 1.33 bits per heavy atom. The number of carbonyl (C=O) groups excluding carboxylic acids is 1. The molecule has 0 fully saturated rings. The molecular formula is C13H13N3O2. The first kappa shape index (κ1) is 11.9. The molecule has 0 atom stereocenters. The minimum Gasteiger partial charge on any atom is -0.496 e. The minimum atomic E-state index is -0.287. The van der Waals surface area contributed by atoms with Crippen LogP contribution in [0.3, 0.4) is 0 Å². The molecule has 5 nitrogen and oxygen atoms in total. The van der Waals surface area contributed by atoms with E-state index in [1.165, 1.54) is 7.11 Å². The van der Waals surface area contributed by atoms with Gasteiger partial charge in [-0.1, -0.05) is 6.07 Å². The van der Waals surface area contributed by atoms with Gasteiger partial charge >= 0.3 is 0 Å². The van der Waals surface area contributed by atoms with Crippen LogP contribution in [0.5, 0.6) is 5.75 Å². The molecule has 0 saturated carbocycles. The van der Waals surface area contributed by atoms with Gasteiger partial charge in [0.15, 0.2) is 0 Å². The Morgan fingerprint density at radius 3 is 2.83 bits per heavy atom. The second kappa shape index (κ2) is 5.18. The summed E-state index contributed by atoms with van der Waals surface area (Å²) in [7, 11) is 1.49. The number of benzene rings is 1. The molecule has 0 aliphatic rings. The molecule has 0 spiro atoms. The van der Waals surface area contributed by atoms with Crippen molar-refractivity contribution in [3.05, 3.63) is 48.2 Å². The fraction of sp³-hybridized carbons (Fsp3) is 0.0769. The summed E-state index contributed by atoms with van der Waals surface area (Å²) in [5.74, 6) is 0.635. The van der Waals surface area contributed by atoms with Gasteiger partial charge in [0.25, 0.3) is 5.91 Å². The summed E-state index contributed by atoms with van der Waals surface area (Å²) in [6.07, 6.45) is 1.61. The third-order valence-corrected chi connectivity index (χ3v) is 2.38. The van der Waals surface area contributed by atoms with Crippen molar-refractivity contribution in [2.45, 2.75) is 0 Å². The minimum absolute atomic E-state index is 0.287. The number of hydrogen-bond acceptors (Lipinski definition) is 4. The number of ether oxygens (including phenoxy) is 1. The number of pyridine rings is 1. The van der Waals surface area contributed by atoms with E-state index < -0.39 is 0 Å². The SMILES string of the molecule is COc1cc(N)ccc1C(=O)Nc1ccccn1. The van der Waals surface area contributed by atoms with Gasteiger partial charge in [-0.25, -0.2) is 4.98 Å². The van der Waals surface area contributed by atoms with Crippen LogP contribution in [0.1, 0.15) is 10.4 Å². The zero-order chi connectivity index (χ0) is 13.0. The highest BCUT2D eigenvalue weighted by Crippen LogP contribution is 2.22. The summed E-state index contributed by atoms with van der Waals surface area (Å²) in [4.78, 5) is 16.1. The first-order valence-corrected chi connectivity index (χ1v) is 5.36. The molecule has 0 aliphatic carbocycles. The van der Waals surface area contributed by atoms with Crippen molar-refractivity contribution in [1.82, 2.24) is 4.98 Å². The zero-order valence-corrected chi connectivity index (χ0v) is 9.88. The molecule has 1 aromatic heterocycles. The second-order valence-corrected chi connectivity index (χ2v) is 3.63. The van der Waals surface area contributed by atoms with Gasteiger partial charge < -0.3 is 15.8 Å². The fourth-order valence-electron chi connectivity index (χ4n) is 1.52. The smallest absolute Gasteiger partial charge is 0.260 e. The first-order valence-electron chi connectivity index (χ1n) is 5.36. The van der Waals surface area contributed by atoms with Crippen LogP contribution in [-0.2, 0) is 0 Å². The van der Waals surface area contributed by atoms with Gasteiger partial charge in [-0.05, 0) is 24.3 Å². The summed E-state index contributed by atoms with van der Waals surface area (Å²) < 4.78 is 5.12. The Kier molecular flexibility index (Phi) is 3.43. The molecule has 0 aliphatic heterocycles. The molecule has 1 amide bonds.